The Bertz CT molecular complexity index is 904. The Morgan fingerprint density at radius 3 is 2.62 bits per heavy atom. The zero-order valence-electron chi connectivity index (χ0n) is 15.0. The van der Waals surface area contributed by atoms with E-state index in [1.807, 2.05) is 55.5 Å². The highest BCUT2D eigenvalue weighted by molar-refractivity contribution is 7.17. The molecule has 0 saturated heterocycles. The van der Waals surface area contributed by atoms with Gasteiger partial charge in [-0.05, 0) is 43.2 Å². The maximum absolute atomic E-state index is 12.6. The van der Waals surface area contributed by atoms with Gasteiger partial charge < -0.3 is 15.4 Å². The number of amides is 1. The molecule has 0 saturated carbocycles. The molecule has 0 atom stereocenters. The Balaban J connectivity index is 1.73. The molecule has 0 spiro atoms. The highest BCUT2D eigenvalue weighted by Crippen LogP contribution is 2.28. The second-order valence-electron chi connectivity index (χ2n) is 5.80. The topological polar surface area (TPSA) is 63.2 Å². The van der Waals surface area contributed by atoms with Gasteiger partial charge in [0.2, 0.25) is 0 Å². The average Bonchev–Trinajstić information content (AvgIpc) is 3.02. The molecule has 6 heteroatoms. The molecule has 2 N–H and O–H groups in total. The zero-order valence-corrected chi connectivity index (χ0v) is 15.8. The monoisotopic (exact) mass is 367 g/mol. The third-order valence-corrected chi connectivity index (χ3v) is 5.02. The molecule has 2 aromatic carbocycles. The SMILES string of the molecule is CCc1ccc(NC(=O)c2sc(Nc3cccc(OC)c3)nc2C)cc1. The van der Waals surface area contributed by atoms with Crippen LogP contribution < -0.4 is 15.4 Å². The number of ether oxygens (including phenoxy) is 1. The second-order valence-corrected chi connectivity index (χ2v) is 6.79. The molecular weight excluding hydrogens is 346 g/mol. The number of thiazole rings is 1. The number of benzene rings is 2. The smallest absolute Gasteiger partial charge is 0.267 e. The molecule has 0 unspecified atom stereocenters. The highest BCUT2D eigenvalue weighted by Gasteiger charge is 2.16. The summed E-state index contributed by atoms with van der Waals surface area (Å²) in [6.07, 6.45) is 0.974. The van der Waals surface area contributed by atoms with E-state index in [4.69, 9.17) is 4.74 Å². The molecule has 134 valence electrons. The lowest BCUT2D eigenvalue weighted by atomic mass is 10.1. The van der Waals surface area contributed by atoms with E-state index in [-0.39, 0.29) is 5.91 Å². The minimum Gasteiger partial charge on any atom is -0.497 e. The van der Waals surface area contributed by atoms with Gasteiger partial charge in [0.25, 0.3) is 5.91 Å². The molecule has 0 radical (unpaired) electrons. The van der Waals surface area contributed by atoms with Gasteiger partial charge in [-0.25, -0.2) is 4.98 Å². The van der Waals surface area contributed by atoms with E-state index < -0.39 is 0 Å². The maximum Gasteiger partial charge on any atom is 0.267 e. The van der Waals surface area contributed by atoms with Crippen molar-refractivity contribution < 1.29 is 9.53 Å². The van der Waals surface area contributed by atoms with Crippen LogP contribution in [0, 0.1) is 6.92 Å². The van der Waals surface area contributed by atoms with Crippen molar-refractivity contribution in [3.63, 3.8) is 0 Å². The number of aromatic nitrogens is 1. The van der Waals surface area contributed by atoms with Crippen LogP contribution in [0.3, 0.4) is 0 Å². The summed E-state index contributed by atoms with van der Waals surface area (Å²) in [5, 5.41) is 6.82. The van der Waals surface area contributed by atoms with Crippen molar-refractivity contribution in [2.24, 2.45) is 0 Å². The summed E-state index contributed by atoms with van der Waals surface area (Å²) in [5.41, 5.74) is 3.58. The maximum atomic E-state index is 12.6. The van der Waals surface area contributed by atoms with Gasteiger partial charge in [-0.2, -0.15) is 0 Å². The number of hydrogen-bond donors (Lipinski definition) is 2. The first kappa shape index (κ1) is 17.9. The van der Waals surface area contributed by atoms with Crippen LogP contribution in [0.25, 0.3) is 0 Å². The van der Waals surface area contributed by atoms with Gasteiger partial charge in [-0.3, -0.25) is 4.79 Å². The van der Waals surface area contributed by atoms with Crippen LogP contribution in [-0.4, -0.2) is 18.0 Å². The minimum atomic E-state index is -0.150. The van der Waals surface area contributed by atoms with Crippen molar-refractivity contribution in [1.82, 2.24) is 4.98 Å². The Labute approximate surface area is 157 Å². The Hall–Kier alpha value is -2.86. The van der Waals surface area contributed by atoms with E-state index in [1.54, 1.807) is 7.11 Å². The minimum absolute atomic E-state index is 0.150. The number of anilines is 3. The van der Waals surface area contributed by atoms with Crippen molar-refractivity contribution in [3.8, 4) is 5.75 Å². The molecule has 0 aliphatic rings. The fourth-order valence-electron chi connectivity index (χ4n) is 2.50. The predicted molar refractivity (Wildman–Crippen MR) is 107 cm³/mol. The first-order chi connectivity index (χ1) is 12.6. The highest BCUT2D eigenvalue weighted by atomic mass is 32.1. The molecule has 0 bridgehead atoms. The summed E-state index contributed by atoms with van der Waals surface area (Å²) in [7, 11) is 1.63. The molecule has 3 aromatic rings. The van der Waals surface area contributed by atoms with Gasteiger partial charge in [-0.1, -0.05) is 36.5 Å². The van der Waals surface area contributed by atoms with Crippen molar-refractivity contribution in [2.75, 3.05) is 17.7 Å². The molecule has 0 aliphatic carbocycles. The van der Waals surface area contributed by atoms with Crippen LogP contribution in [-0.2, 0) is 6.42 Å². The summed E-state index contributed by atoms with van der Waals surface area (Å²) in [4.78, 5) is 17.6. The molecule has 1 aromatic heterocycles. The van der Waals surface area contributed by atoms with E-state index in [9.17, 15) is 4.79 Å². The van der Waals surface area contributed by atoms with E-state index >= 15 is 0 Å². The van der Waals surface area contributed by atoms with E-state index in [0.29, 0.717) is 15.7 Å². The van der Waals surface area contributed by atoms with Crippen molar-refractivity contribution in [1.29, 1.82) is 0 Å². The number of nitrogens with zero attached hydrogens (tertiary/aromatic N) is 1. The van der Waals surface area contributed by atoms with Crippen LogP contribution in [0.1, 0.15) is 27.9 Å². The van der Waals surface area contributed by atoms with E-state index in [1.165, 1.54) is 16.9 Å². The molecule has 0 aliphatic heterocycles. The molecule has 1 amide bonds. The summed E-state index contributed by atoms with van der Waals surface area (Å²) < 4.78 is 5.22. The molecule has 1 heterocycles. The average molecular weight is 367 g/mol. The Morgan fingerprint density at radius 2 is 1.92 bits per heavy atom. The standard InChI is InChI=1S/C20H21N3O2S/c1-4-14-8-10-15(11-9-14)22-19(24)18-13(2)21-20(26-18)23-16-6-5-7-17(12-16)25-3/h5-12H,4H2,1-3H3,(H,21,23)(H,22,24). The van der Waals surface area contributed by atoms with Gasteiger partial charge in [0.15, 0.2) is 5.13 Å². The number of rotatable bonds is 6. The van der Waals surface area contributed by atoms with Crippen molar-refractivity contribution in [3.05, 3.63) is 64.7 Å². The number of carbonyl (C=O) groups excluding carboxylic acids is 1. The lowest BCUT2D eigenvalue weighted by Crippen LogP contribution is -2.11. The summed E-state index contributed by atoms with van der Waals surface area (Å²) >= 11 is 1.33. The van der Waals surface area contributed by atoms with Gasteiger partial charge in [0.05, 0.1) is 12.8 Å². The molecular formula is C20H21N3O2S. The summed E-state index contributed by atoms with van der Waals surface area (Å²) in [6, 6.07) is 15.5. The number of carbonyl (C=O) groups is 1. The van der Waals surface area contributed by atoms with Crippen LogP contribution >= 0.6 is 11.3 Å². The number of aryl methyl sites for hydroxylation is 2. The summed E-state index contributed by atoms with van der Waals surface area (Å²) in [5.74, 6) is 0.611. The lowest BCUT2D eigenvalue weighted by Gasteiger charge is -2.05. The van der Waals surface area contributed by atoms with Crippen LogP contribution in [0.2, 0.25) is 0 Å². The molecule has 5 nitrogen and oxygen atoms in total. The Morgan fingerprint density at radius 1 is 1.15 bits per heavy atom. The molecule has 3 rings (SSSR count). The third-order valence-electron chi connectivity index (χ3n) is 3.94. The first-order valence-corrected chi connectivity index (χ1v) is 9.19. The fourth-order valence-corrected chi connectivity index (χ4v) is 3.38. The first-order valence-electron chi connectivity index (χ1n) is 8.38. The van der Waals surface area contributed by atoms with Crippen LogP contribution in [0.15, 0.2) is 48.5 Å². The molecule has 0 fully saturated rings. The van der Waals surface area contributed by atoms with E-state index in [2.05, 4.69) is 22.5 Å². The van der Waals surface area contributed by atoms with Crippen LogP contribution in [0.4, 0.5) is 16.5 Å². The van der Waals surface area contributed by atoms with Gasteiger partial charge in [0.1, 0.15) is 10.6 Å². The van der Waals surface area contributed by atoms with Crippen molar-refractivity contribution in [2.45, 2.75) is 20.3 Å². The number of methoxy groups -OCH3 is 1. The molecule has 26 heavy (non-hydrogen) atoms. The second kappa shape index (κ2) is 8.01. The van der Waals surface area contributed by atoms with Gasteiger partial charge in [-0.15, -0.1) is 0 Å². The fraction of sp³-hybridized carbons (Fsp3) is 0.200. The largest absolute Gasteiger partial charge is 0.497 e. The van der Waals surface area contributed by atoms with Crippen molar-refractivity contribution >= 4 is 33.8 Å². The predicted octanol–water partition coefficient (Wildman–Crippen LogP) is 5.02. The zero-order chi connectivity index (χ0) is 18.5. The lowest BCUT2D eigenvalue weighted by molar-refractivity contribution is 0.103. The van der Waals surface area contributed by atoms with Gasteiger partial charge >= 0.3 is 0 Å². The Kier molecular flexibility index (Phi) is 5.53. The van der Waals surface area contributed by atoms with E-state index in [0.717, 1.165) is 23.5 Å². The third kappa shape index (κ3) is 4.21. The van der Waals surface area contributed by atoms with Crippen LogP contribution in [0.5, 0.6) is 5.75 Å². The quantitative estimate of drug-likeness (QED) is 0.642. The normalized spacial score (nSPS) is 10.4. The number of hydrogen-bond acceptors (Lipinski definition) is 5. The summed E-state index contributed by atoms with van der Waals surface area (Å²) in [6.45, 7) is 3.94. The van der Waals surface area contributed by atoms with Gasteiger partial charge in [0, 0.05) is 17.4 Å². The number of nitrogens with one attached hydrogen (secondary N) is 2.